The Morgan fingerprint density at radius 3 is 2.43 bits per heavy atom. The van der Waals surface area contributed by atoms with Crippen LogP contribution in [0.2, 0.25) is 6.55 Å². The third-order valence-corrected chi connectivity index (χ3v) is 2.12. The summed E-state index contributed by atoms with van der Waals surface area (Å²) in [6.07, 6.45) is -0.749. The molecule has 0 aliphatic carbocycles. The van der Waals surface area contributed by atoms with Crippen LogP contribution in [0.5, 0.6) is 0 Å². The molecule has 0 aromatic heterocycles. The average molecular weight is 216 g/mol. The Kier molecular flexibility index (Phi) is 3.35. The molecule has 0 amide bonds. The van der Waals surface area contributed by atoms with E-state index in [1.807, 2.05) is 0 Å². The normalized spacial score (nSPS) is 11.1. The van der Waals surface area contributed by atoms with E-state index >= 15 is 0 Å². The second-order valence-corrected chi connectivity index (χ2v) is 5.44. The molecule has 1 rings (SSSR count). The molecule has 0 spiro atoms. The van der Waals surface area contributed by atoms with E-state index in [4.69, 9.17) is 0 Å². The van der Waals surface area contributed by atoms with Crippen molar-refractivity contribution < 1.29 is 17.7 Å². The molecule has 0 fully saturated rings. The van der Waals surface area contributed by atoms with Gasteiger partial charge in [0.2, 0.25) is 0 Å². The number of rotatable bonds is 3. The maximum Gasteiger partial charge on any atom is 0.457 e. The van der Waals surface area contributed by atoms with Crippen LogP contribution in [-0.2, 0) is 4.74 Å². The predicted octanol–water partition coefficient (Wildman–Crippen LogP) is 2.39. The first kappa shape index (κ1) is 10.8. The van der Waals surface area contributed by atoms with Crippen molar-refractivity contribution in [3.8, 4) is 0 Å². The topological polar surface area (TPSA) is 26.3 Å². The number of esters is 1. The second-order valence-electron chi connectivity index (χ2n) is 3.01. The number of benzene rings is 1. The molecule has 0 atom stereocenters. The molecule has 0 bridgehead atoms. The second kappa shape index (κ2) is 4.32. The van der Waals surface area contributed by atoms with Crippen LogP contribution in [0.1, 0.15) is 10.4 Å². The summed E-state index contributed by atoms with van der Waals surface area (Å²) in [5.74, 6) is -0.695. The van der Waals surface area contributed by atoms with Crippen molar-refractivity contribution in [1.82, 2.24) is 0 Å². The van der Waals surface area contributed by atoms with Crippen LogP contribution in [0.3, 0.4) is 0 Å². The molecule has 1 aromatic rings. The Hall–Kier alpha value is -1.23. The molecule has 0 unspecified atom stereocenters. The molecule has 0 saturated heterocycles. The molecular formula is C9H10F2O2Si. The monoisotopic (exact) mass is 216 g/mol. The molecule has 5 heteroatoms. The van der Waals surface area contributed by atoms with E-state index in [0.717, 1.165) is 6.55 Å². The van der Waals surface area contributed by atoms with Crippen molar-refractivity contribution in [3.05, 3.63) is 35.9 Å². The van der Waals surface area contributed by atoms with Crippen LogP contribution in [-0.4, -0.2) is 20.9 Å². The quantitative estimate of drug-likeness (QED) is 0.440. The standard InChI is InChI=1S/C9H10F2O2Si/c1-14(10,11)7-13-9(12)8-5-3-2-4-6-8/h2-6H,7H2,1H3. The zero-order valence-electron chi connectivity index (χ0n) is 7.67. The molecule has 1 aromatic carbocycles. The highest BCUT2D eigenvalue weighted by Crippen LogP contribution is 2.08. The lowest BCUT2D eigenvalue weighted by Gasteiger charge is -2.07. The average Bonchev–Trinajstić information content (AvgIpc) is 2.14. The summed E-state index contributed by atoms with van der Waals surface area (Å²) in [7, 11) is -4.30. The van der Waals surface area contributed by atoms with Gasteiger partial charge in [-0.05, 0) is 18.7 Å². The third kappa shape index (κ3) is 3.65. The highest BCUT2D eigenvalue weighted by molar-refractivity contribution is 6.64. The van der Waals surface area contributed by atoms with Crippen molar-refractivity contribution in [1.29, 1.82) is 0 Å². The molecule has 14 heavy (non-hydrogen) atoms. The van der Waals surface area contributed by atoms with Crippen LogP contribution < -0.4 is 0 Å². The minimum atomic E-state index is -4.30. The molecule has 0 aliphatic rings. The van der Waals surface area contributed by atoms with Gasteiger partial charge in [0.1, 0.15) is 6.23 Å². The molecule has 0 N–H and O–H groups in total. The molecule has 2 nitrogen and oxygen atoms in total. The van der Waals surface area contributed by atoms with E-state index in [1.165, 1.54) is 12.1 Å². The first-order valence-corrected chi connectivity index (χ1v) is 6.55. The van der Waals surface area contributed by atoms with E-state index in [0.29, 0.717) is 5.56 Å². The summed E-state index contributed by atoms with van der Waals surface area (Å²) in [6, 6.07) is 8.09. The van der Waals surface area contributed by atoms with E-state index < -0.39 is 20.9 Å². The summed E-state index contributed by atoms with van der Waals surface area (Å²) >= 11 is 0. The van der Waals surface area contributed by atoms with Crippen LogP contribution in [0.4, 0.5) is 8.22 Å². The Bertz CT molecular complexity index is 308. The maximum atomic E-state index is 12.5. The number of ether oxygens (including phenoxy) is 1. The van der Waals surface area contributed by atoms with E-state index in [-0.39, 0.29) is 0 Å². The lowest BCUT2D eigenvalue weighted by Crippen LogP contribution is -2.27. The fourth-order valence-corrected chi connectivity index (χ4v) is 1.23. The SMILES string of the molecule is C[Si](F)(F)COC(=O)c1ccccc1. The van der Waals surface area contributed by atoms with Gasteiger partial charge in [-0.25, -0.2) is 4.79 Å². The van der Waals surface area contributed by atoms with Gasteiger partial charge >= 0.3 is 14.7 Å². The van der Waals surface area contributed by atoms with Gasteiger partial charge in [-0.2, -0.15) is 0 Å². The van der Waals surface area contributed by atoms with Crippen molar-refractivity contribution >= 4 is 14.7 Å². The highest BCUT2D eigenvalue weighted by Gasteiger charge is 2.30. The van der Waals surface area contributed by atoms with Crippen molar-refractivity contribution in [2.75, 3.05) is 6.23 Å². The Morgan fingerprint density at radius 1 is 1.36 bits per heavy atom. The van der Waals surface area contributed by atoms with Crippen LogP contribution in [0.15, 0.2) is 30.3 Å². The van der Waals surface area contributed by atoms with Crippen molar-refractivity contribution in [3.63, 3.8) is 0 Å². The number of carbonyl (C=O) groups excluding carboxylic acids is 1. The molecular weight excluding hydrogens is 206 g/mol. The van der Waals surface area contributed by atoms with Gasteiger partial charge in [-0.15, -0.1) is 0 Å². The van der Waals surface area contributed by atoms with Gasteiger partial charge in [0.25, 0.3) is 0 Å². The fraction of sp³-hybridized carbons (Fsp3) is 0.222. The summed E-state index contributed by atoms with van der Waals surface area (Å²) in [6.45, 7) is 0.839. The van der Waals surface area contributed by atoms with Crippen molar-refractivity contribution in [2.45, 2.75) is 6.55 Å². The fourth-order valence-electron chi connectivity index (χ4n) is 0.850. The first-order valence-electron chi connectivity index (χ1n) is 4.09. The van der Waals surface area contributed by atoms with Crippen LogP contribution >= 0.6 is 0 Å². The summed E-state index contributed by atoms with van der Waals surface area (Å²) in [5, 5.41) is 0. The van der Waals surface area contributed by atoms with E-state index in [1.54, 1.807) is 18.2 Å². The van der Waals surface area contributed by atoms with Gasteiger partial charge in [0.15, 0.2) is 0 Å². The van der Waals surface area contributed by atoms with Gasteiger partial charge < -0.3 is 4.74 Å². The Balaban J connectivity index is 2.52. The summed E-state index contributed by atoms with van der Waals surface area (Å²) in [5.41, 5.74) is 0.297. The van der Waals surface area contributed by atoms with Crippen LogP contribution in [0, 0.1) is 0 Å². The molecule has 0 aliphatic heterocycles. The number of hydrogen-bond donors (Lipinski definition) is 0. The lowest BCUT2D eigenvalue weighted by molar-refractivity contribution is 0.0550. The van der Waals surface area contributed by atoms with Crippen LogP contribution in [0.25, 0.3) is 0 Å². The molecule has 0 radical (unpaired) electrons. The number of halogens is 2. The predicted molar refractivity (Wildman–Crippen MR) is 50.6 cm³/mol. The van der Waals surface area contributed by atoms with Gasteiger partial charge in [-0.1, -0.05) is 18.2 Å². The lowest BCUT2D eigenvalue weighted by atomic mass is 10.2. The Labute approximate surface area is 81.9 Å². The van der Waals surface area contributed by atoms with Crippen molar-refractivity contribution in [2.24, 2.45) is 0 Å². The minimum Gasteiger partial charge on any atom is -0.460 e. The van der Waals surface area contributed by atoms with Gasteiger partial charge in [0.05, 0.1) is 5.56 Å². The first-order chi connectivity index (χ1) is 6.49. The van der Waals surface area contributed by atoms with E-state index in [9.17, 15) is 13.0 Å². The zero-order chi connectivity index (χ0) is 10.6. The number of carbonyl (C=O) groups is 1. The molecule has 0 heterocycles. The van der Waals surface area contributed by atoms with E-state index in [2.05, 4.69) is 4.74 Å². The van der Waals surface area contributed by atoms with Gasteiger partial charge in [-0.3, -0.25) is 8.22 Å². The molecule has 76 valence electrons. The third-order valence-electron chi connectivity index (χ3n) is 1.47. The molecule has 0 saturated carbocycles. The minimum absolute atomic E-state index is 0.297. The summed E-state index contributed by atoms with van der Waals surface area (Å²) in [4.78, 5) is 11.2. The summed E-state index contributed by atoms with van der Waals surface area (Å²) < 4.78 is 29.4. The highest BCUT2D eigenvalue weighted by atomic mass is 28.4. The Morgan fingerprint density at radius 2 is 1.93 bits per heavy atom. The largest absolute Gasteiger partial charge is 0.460 e. The maximum absolute atomic E-state index is 12.5. The zero-order valence-corrected chi connectivity index (χ0v) is 8.67. The van der Waals surface area contributed by atoms with Gasteiger partial charge in [0, 0.05) is 0 Å². The smallest absolute Gasteiger partial charge is 0.457 e. The number of hydrogen-bond acceptors (Lipinski definition) is 2.